The maximum atomic E-state index is 12.1. The van der Waals surface area contributed by atoms with Gasteiger partial charge in [0.05, 0.1) is 6.61 Å². The van der Waals surface area contributed by atoms with E-state index in [1.54, 1.807) is 0 Å². The lowest BCUT2D eigenvalue weighted by Crippen LogP contribution is -2.56. The zero-order valence-electron chi connectivity index (χ0n) is 12.3. The predicted octanol–water partition coefficient (Wildman–Crippen LogP) is -0.0828. The molecule has 0 spiro atoms. The van der Waals surface area contributed by atoms with E-state index >= 15 is 0 Å². The summed E-state index contributed by atoms with van der Waals surface area (Å²) >= 11 is 0. The number of primary amides is 1. The molecule has 0 saturated carbocycles. The van der Waals surface area contributed by atoms with Gasteiger partial charge in [-0.15, -0.1) is 0 Å². The van der Waals surface area contributed by atoms with Crippen molar-refractivity contribution in [1.82, 2.24) is 10.2 Å². The van der Waals surface area contributed by atoms with Crippen LogP contribution in [0.15, 0.2) is 0 Å². The van der Waals surface area contributed by atoms with Crippen LogP contribution < -0.4 is 11.1 Å². The van der Waals surface area contributed by atoms with Gasteiger partial charge < -0.3 is 25.8 Å². The number of rotatable bonds is 8. The minimum Gasteiger partial charge on any atom is -0.479 e. The van der Waals surface area contributed by atoms with Crippen LogP contribution in [0.5, 0.6) is 0 Å². The fourth-order valence-electron chi connectivity index (χ4n) is 2.68. The average molecular weight is 301 g/mol. The first-order valence-corrected chi connectivity index (χ1v) is 7.09. The summed E-state index contributed by atoms with van der Waals surface area (Å²) in [7, 11) is 0. The number of nitrogens with two attached hydrogens (primary N) is 1. The zero-order valence-corrected chi connectivity index (χ0v) is 12.3. The number of carbonyl (C=O) groups excluding carboxylic acids is 2. The Hall–Kier alpha value is -1.83. The van der Waals surface area contributed by atoms with Crippen molar-refractivity contribution < 1.29 is 24.2 Å². The molecule has 8 heteroatoms. The van der Waals surface area contributed by atoms with E-state index in [1.807, 2.05) is 6.92 Å². The number of carbonyl (C=O) groups is 3. The number of carboxylic acids is 1. The molecule has 1 atom stereocenters. The average Bonchev–Trinajstić information content (AvgIpc) is 2.83. The number of likely N-dealkylation sites (tertiary alicyclic amines) is 1. The third-order valence-corrected chi connectivity index (χ3v) is 3.56. The lowest BCUT2D eigenvalue weighted by Gasteiger charge is -2.34. The minimum atomic E-state index is -1.10. The first-order valence-electron chi connectivity index (χ1n) is 7.09. The predicted molar refractivity (Wildman–Crippen MR) is 74.6 cm³/mol. The van der Waals surface area contributed by atoms with Crippen LogP contribution in [0.25, 0.3) is 0 Å². The Morgan fingerprint density at radius 1 is 1.43 bits per heavy atom. The van der Waals surface area contributed by atoms with Gasteiger partial charge in [0.2, 0.25) is 5.91 Å². The summed E-state index contributed by atoms with van der Waals surface area (Å²) in [6.07, 6.45) is 2.28. The number of amides is 3. The summed E-state index contributed by atoms with van der Waals surface area (Å²) in [5.74, 6) is -1.53. The van der Waals surface area contributed by atoms with Crippen LogP contribution in [-0.2, 0) is 14.3 Å². The summed E-state index contributed by atoms with van der Waals surface area (Å²) in [6.45, 7) is 2.48. The third-order valence-electron chi connectivity index (χ3n) is 3.56. The van der Waals surface area contributed by atoms with E-state index in [-0.39, 0.29) is 19.8 Å². The summed E-state index contributed by atoms with van der Waals surface area (Å²) in [5.41, 5.74) is 3.81. The van der Waals surface area contributed by atoms with Gasteiger partial charge in [0.15, 0.2) is 0 Å². The van der Waals surface area contributed by atoms with Gasteiger partial charge in [-0.05, 0) is 19.3 Å². The second-order valence-corrected chi connectivity index (χ2v) is 5.09. The molecular weight excluding hydrogens is 278 g/mol. The number of aliphatic carboxylic acids is 1. The number of urea groups is 1. The molecule has 1 unspecified atom stereocenters. The molecule has 0 radical (unpaired) electrons. The van der Waals surface area contributed by atoms with Crippen molar-refractivity contribution >= 4 is 17.9 Å². The molecule has 1 heterocycles. The first kappa shape index (κ1) is 17.2. The van der Waals surface area contributed by atoms with E-state index in [0.29, 0.717) is 32.2 Å². The maximum Gasteiger partial charge on any atom is 0.329 e. The van der Waals surface area contributed by atoms with Crippen LogP contribution in [0.1, 0.15) is 32.6 Å². The van der Waals surface area contributed by atoms with Crippen molar-refractivity contribution in [1.29, 1.82) is 0 Å². The first-order chi connectivity index (χ1) is 9.94. The van der Waals surface area contributed by atoms with Crippen molar-refractivity contribution in [2.45, 2.75) is 38.1 Å². The van der Waals surface area contributed by atoms with E-state index in [0.717, 1.165) is 0 Å². The highest BCUT2D eigenvalue weighted by molar-refractivity contribution is 5.87. The van der Waals surface area contributed by atoms with Crippen molar-refractivity contribution in [2.24, 2.45) is 5.73 Å². The topological polar surface area (TPSA) is 122 Å². The Balaban J connectivity index is 2.51. The summed E-state index contributed by atoms with van der Waals surface area (Å²) < 4.78 is 4.93. The van der Waals surface area contributed by atoms with Crippen molar-refractivity contribution in [3.05, 3.63) is 0 Å². The Kier molecular flexibility index (Phi) is 6.41. The highest BCUT2D eigenvalue weighted by atomic mass is 16.5. The largest absolute Gasteiger partial charge is 0.479 e. The lowest BCUT2D eigenvalue weighted by atomic mass is 9.91. The van der Waals surface area contributed by atoms with Crippen LogP contribution in [0.2, 0.25) is 0 Å². The highest BCUT2D eigenvalue weighted by Crippen LogP contribution is 2.33. The molecule has 0 aromatic rings. The number of ether oxygens (including phenoxy) is 1. The lowest BCUT2D eigenvalue weighted by molar-refractivity contribution is -0.148. The van der Waals surface area contributed by atoms with E-state index in [1.165, 1.54) is 4.90 Å². The molecule has 21 heavy (non-hydrogen) atoms. The number of nitrogens with zero attached hydrogens (tertiary/aromatic N) is 1. The number of hydrogen-bond donors (Lipinski definition) is 3. The molecule has 0 aliphatic carbocycles. The van der Waals surface area contributed by atoms with Gasteiger partial charge in [-0.25, -0.2) is 9.59 Å². The molecule has 0 aromatic carbocycles. The van der Waals surface area contributed by atoms with Gasteiger partial charge in [0, 0.05) is 13.1 Å². The fraction of sp³-hybridized carbons (Fsp3) is 0.769. The molecule has 0 aromatic heterocycles. The third kappa shape index (κ3) is 4.32. The smallest absolute Gasteiger partial charge is 0.329 e. The zero-order chi connectivity index (χ0) is 15.9. The molecule has 8 nitrogen and oxygen atoms in total. The SMILES string of the molecule is CCCC1(C(=O)O)CCCN1C(=O)NCCOCC(N)=O. The van der Waals surface area contributed by atoms with Crippen LogP contribution in [0, 0.1) is 0 Å². The van der Waals surface area contributed by atoms with Gasteiger partial charge in [-0.3, -0.25) is 4.79 Å². The molecule has 1 aliphatic heterocycles. The Morgan fingerprint density at radius 3 is 2.71 bits per heavy atom. The minimum absolute atomic E-state index is 0.149. The molecule has 0 bridgehead atoms. The van der Waals surface area contributed by atoms with Crippen molar-refractivity contribution in [3.8, 4) is 0 Å². The highest BCUT2D eigenvalue weighted by Gasteiger charge is 2.49. The van der Waals surface area contributed by atoms with Gasteiger partial charge in [0.1, 0.15) is 12.1 Å². The molecule has 1 saturated heterocycles. The Morgan fingerprint density at radius 2 is 2.14 bits per heavy atom. The summed E-state index contributed by atoms with van der Waals surface area (Å²) in [6, 6.07) is -0.411. The van der Waals surface area contributed by atoms with Gasteiger partial charge in [-0.2, -0.15) is 0 Å². The maximum absolute atomic E-state index is 12.1. The summed E-state index contributed by atoms with van der Waals surface area (Å²) in [4.78, 5) is 35.6. The van der Waals surface area contributed by atoms with Crippen LogP contribution in [0.4, 0.5) is 4.79 Å². The number of hydrogen-bond acceptors (Lipinski definition) is 4. The van der Waals surface area contributed by atoms with Gasteiger partial charge >= 0.3 is 12.0 Å². The molecule has 1 rings (SSSR count). The quantitative estimate of drug-likeness (QED) is 0.541. The van der Waals surface area contributed by atoms with Crippen molar-refractivity contribution in [2.75, 3.05) is 26.3 Å². The van der Waals surface area contributed by atoms with Crippen molar-refractivity contribution in [3.63, 3.8) is 0 Å². The molecule has 1 aliphatic rings. The second-order valence-electron chi connectivity index (χ2n) is 5.09. The van der Waals surface area contributed by atoms with Gasteiger partial charge in [0.25, 0.3) is 0 Å². The molecular formula is C13H23N3O5. The van der Waals surface area contributed by atoms with Crippen LogP contribution >= 0.6 is 0 Å². The molecule has 1 fully saturated rings. The summed E-state index contributed by atoms with van der Waals surface area (Å²) in [5, 5.41) is 12.1. The van der Waals surface area contributed by atoms with E-state index in [4.69, 9.17) is 10.5 Å². The monoisotopic (exact) mass is 301 g/mol. The normalized spacial score (nSPS) is 21.3. The van der Waals surface area contributed by atoms with Crippen LogP contribution in [-0.4, -0.2) is 59.8 Å². The van der Waals surface area contributed by atoms with Crippen LogP contribution in [0.3, 0.4) is 0 Å². The van der Waals surface area contributed by atoms with E-state index < -0.39 is 23.4 Å². The number of carboxylic acid groups (broad SMARTS) is 1. The van der Waals surface area contributed by atoms with E-state index in [2.05, 4.69) is 5.32 Å². The Bertz CT molecular complexity index is 401. The number of nitrogens with one attached hydrogen (secondary N) is 1. The Labute approximate surface area is 123 Å². The molecule has 3 amide bonds. The fourth-order valence-corrected chi connectivity index (χ4v) is 2.68. The molecule has 120 valence electrons. The molecule has 4 N–H and O–H groups in total. The van der Waals surface area contributed by atoms with Gasteiger partial charge in [-0.1, -0.05) is 13.3 Å². The second kappa shape index (κ2) is 7.82. The van der Waals surface area contributed by atoms with E-state index in [9.17, 15) is 19.5 Å². The standard InChI is InChI=1S/C13H23N3O5/c1-2-4-13(11(18)19)5-3-7-16(13)12(20)15-6-8-21-9-10(14)17/h2-9H2,1H3,(H2,14,17)(H,15,20)(H,18,19).